The van der Waals surface area contributed by atoms with E-state index in [1.54, 1.807) is 0 Å². The molecule has 0 aliphatic rings. The molecule has 0 spiro atoms. The second-order valence-corrected chi connectivity index (χ2v) is 4.19. The monoisotopic (exact) mass is 279 g/mol. The highest BCUT2D eigenvalue weighted by Gasteiger charge is 2.11. The molecule has 0 aromatic heterocycles. The number of hydrogen-bond donors (Lipinski definition) is 2. The van der Waals surface area contributed by atoms with Gasteiger partial charge < -0.3 is 11.1 Å². The predicted octanol–water partition coefficient (Wildman–Crippen LogP) is 3.82. The fourth-order valence-corrected chi connectivity index (χ4v) is 1.78. The Kier molecular flexibility index (Phi) is 3.54. The van der Waals surface area contributed by atoms with E-state index in [4.69, 9.17) is 22.6 Å². The molecule has 0 aliphatic carbocycles. The van der Waals surface area contributed by atoms with E-state index in [1.807, 2.05) is 6.07 Å². The Hall–Kier alpha value is -2.32. The van der Waals surface area contributed by atoms with Crippen molar-refractivity contribution in [2.45, 2.75) is 0 Å². The summed E-state index contributed by atoms with van der Waals surface area (Å²) in [4.78, 5) is 0. The summed E-state index contributed by atoms with van der Waals surface area (Å²) in [5.74, 6) is -1.59. The predicted molar refractivity (Wildman–Crippen MR) is 70.2 cm³/mol. The first-order chi connectivity index (χ1) is 9.01. The Balaban J connectivity index is 2.40. The topological polar surface area (TPSA) is 61.8 Å². The number of anilines is 3. The van der Waals surface area contributed by atoms with Gasteiger partial charge in [0.05, 0.1) is 33.7 Å². The lowest BCUT2D eigenvalue weighted by atomic mass is 10.2. The van der Waals surface area contributed by atoms with Crippen LogP contribution in [0.1, 0.15) is 5.56 Å². The zero-order valence-corrected chi connectivity index (χ0v) is 10.3. The number of nitrogen functional groups attached to an aromatic ring is 1. The molecule has 0 heterocycles. The van der Waals surface area contributed by atoms with Crippen LogP contribution < -0.4 is 11.1 Å². The van der Waals surface area contributed by atoms with Gasteiger partial charge in [0.25, 0.3) is 0 Å². The van der Waals surface area contributed by atoms with Gasteiger partial charge in [-0.15, -0.1) is 0 Å². The molecule has 0 saturated carbocycles. The lowest BCUT2D eigenvalue weighted by Crippen LogP contribution is -2.00. The molecule has 0 atom stereocenters. The summed E-state index contributed by atoms with van der Waals surface area (Å²) in [6, 6.07) is 8.13. The largest absolute Gasteiger partial charge is 0.397 e. The summed E-state index contributed by atoms with van der Waals surface area (Å²) in [7, 11) is 0. The van der Waals surface area contributed by atoms with E-state index in [2.05, 4.69) is 5.32 Å². The van der Waals surface area contributed by atoms with E-state index in [1.165, 1.54) is 18.2 Å². The van der Waals surface area contributed by atoms with Gasteiger partial charge in [-0.05, 0) is 24.3 Å². The van der Waals surface area contributed by atoms with Gasteiger partial charge in [0.15, 0.2) is 5.82 Å². The fraction of sp³-hybridized carbons (Fsp3) is 0. The van der Waals surface area contributed by atoms with Gasteiger partial charge in [-0.25, -0.2) is 8.78 Å². The summed E-state index contributed by atoms with van der Waals surface area (Å²) in [6.07, 6.45) is 0. The maximum Gasteiger partial charge on any atom is 0.151 e. The minimum Gasteiger partial charge on any atom is -0.397 e. The van der Waals surface area contributed by atoms with Crippen molar-refractivity contribution in [3.63, 3.8) is 0 Å². The Bertz CT molecular complexity index is 657. The molecule has 19 heavy (non-hydrogen) atoms. The fourth-order valence-electron chi connectivity index (χ4n) is 1.54. The number of halogens is 3. The highest BCUT2D eigenvalue weighted by atomic mass is 35.5. The van der Waals surface area contributed by atoms with Crippen molar-refractivity contribution in [1.29, 1.82) is 5.26 Å². The molecule has 2 aromatic rings. The second kappa shape index (κ2) is 5.12. The molecule has 2 rings (SSSR count). The van der Waals surface area contributed by atoms with Crippen LogP contribution in [0.3, 0.4) is 0 Å². The molecule has 96 valence electrons. The third kappa shape index (κ3) is 2.75. The summed E-state index contributed by atoms with van der Waals surface area (Å²) in [5.41, 5.74) is 6.68. The van der Waals surface area contributed by atoms with Gasteiger partial charge >= 0.3 is 0 Å². The van der Waals surface area contributed by atoms with Gasteiger partial charge in [-0.1, -0.05) is 11.6 Å². The summed E-state index contributed by atoms with van der Waals surface area (Å²) < 4.78 is 26.5. The lowest BCUT2D eigenvalue weighted by molar-refractivity contribution is 0.586. The van der Waals surface area contributed by atoms with Gasteiger partial charge in [-0.2, -0.15) is 5.26 Å². The van der Waals surface area contributed by atoms with Crippen molar-refractivity contribution < 1.29 is 8.78 Å². The SMILES string of the molecule is N#Cc1ccc(Nc2c(F)cc(F)cc2Cl)c(N)c1. The van der Waals surface area contributed by atoms with Crippen LogP contribution in [-0.2, 0) is 0 Å². The zero-order valence-electron chi connectivity index (χ0n) is 9.55. The standard InChI is InChI=1S/C13H8ClF2N3/c14-9-4-8(15)5-10(16)13(9)19-12-2-1-7(6-17)3-11(12)18/h1-5,19H,18H2. The number of benzene rings is 2. The molecule has 0 fully saturated rings. The van der Waals surface area contributed by atoms with Crippen molar-refractivity contribution in [2.24, 2.45) is 0 Å². The minimum absolute atomic E-state index is 0.0699. The average molecular weight is 280 g/mol. The molecule has 0 bridgehead atoms. The first-order valence-corrected chi connectivity index (χ1v) is 5.60. The van der Waals surface area contributed by atoms with Crippen molar-refractivity contribution >= 4 is 28.7 Å². The Morgan fingerprint density at radius 3 is 2.53 bits per heavy atom. The Morgan fingerprint density at radius 2 is 1.95 bits per heavy atom. The van der Waals surface area contributed by atoms with Crippen LogP contribution in [0.15, 0.2) is 30.3 Å². The van der Waals surface area contributed by atoms with Crippen LogP contribution in [0.2, 0.25) is 5.02 Å². The molecule has 0 saturated heterocycles. The van der Waals surface area contributed by atoms with E-state index in [9.17, 15) is 8.78 Å². The number of nitrogens with two attached hydrogens (primary N) is 1. The van der Waals surface area contributed by atoms with Crippen molar-refractivity contribution in [3.8, 4) is 6.07 Å². The van der Waals surface area contributed by atoms with Crippen LogP contribution in [0, 0.1) is 23.0 Å². The van der Waals surface area contributed by atoms with E-state index in [0.29, 0.717) is 17.3 Å². The number of hydrogen-bond acceptors (Lipinski definition) is 3. The van der Waals surface area contributed by atoms with Gasteiger partial charge in [0, 0.05) is 6.07 Å². The molecule has 0 radical (unpaired) electrons. The first kappa shape index (κ1) is 13.1. The maximum atomic E-state index is 13.6. The zero-order chi connectivity index (χ0) is 14.0. The second-order valence-electron chi connectivity index (χ2n) is 3.78. The third-order valence-corrected chi connectivity index (χ3v) is 2.75. The quantitative estimate of drug-likeness (QED) is 0.822. The summed E-state index contributed by atoms with van der Waals surface area (Å²) in [6.45, 7) is 0. The number of nitrogens with zero attached hydrogens (tertiary/aromatic N) is 1. The van der Waals surface area contributed by atoms with Crippen LogP contribution in [-0.4, -0.2) is 0 Å². The molecule has 0 amide bonds. The molecule has 3 nitrogen and oxygen atoms in total. The van der Waals surface area contributed by atoms with Crippen LogP contribution in [0.4, 0.5) is 25.8 Å². The van der Waals surface area contributed by atoms with Gasteiger partial charge in [0.2, 0.25) is 0 Å². The van der Waals surface area contributed by atoms with Crippen molar-refractivity contribution in [1.82, 2.24) is 0 Å². The first-order valence-electron chi connectivity index (χ1n) is 5.22. The summed E-state index contributed by atoms with van der Waals surface area (Å²) >= 11 is 5.76. The minimum atomic E-state index is -0.825. The van der Waals surface area contributed by atoms with E-state index < -0.39 is 11.6 Å². The molecule has 0 unspecified atom stereocenters. The van der Waals surface area contributed by atoms with E-state index in [0.717, 1.165) is 6.07 Å². The summed E-state index contributed by atoms with van der Waals surface area (Å²) in [5, 5.41) is 11.3. The molecule has 3 N–H and O–H groups in total. The van der Waals surface area contributed by atoms with E-state index >= 15 is 0 Å². The molecule has 0 aliphatic heterocycles. The Labute approximate surface area is 113 Å². The molecule has 6 heteroatoms. The van der Waals surface area contributed by atoms with Crippen LogP contribution in [0.25, 0.3) is 0 Å². The van der Waals surface area contributed by atoms with Crippen molar-refractivity contribution in [2.75, 3.05) is 11.1 Å². The number of nitriles is 1. The number of rotatable bonds is 2. The highest BCUT2D eigenvalue weighted by Crippen LogP contribution is 2.31. The molecular weight excluding hydrogens is 272 g/mol. The number of nitrogens with one attached hydrogen (secondary N) is 1. The Morgan fingerprint density at radius 1 is 1.21 bits per heavy atom. The highest BCUT2D eigenvalue weighted by molar-refractivity contribution is 6.33. The van der Waals surface area contributed by atoms with Crippen LogP contribution >= 0.6 is 11.6 Å². The van der Waals surface area contributed by atoms with Crippen LogP contribution in [0.5, 0.6) is 0 Å². The van der Waals surface area contributed by atoms with Crippen molar-refractivity contribution in [3.05, 3.63) is 52.6 Å². The van der Waals surface area contributed by atoms with Gasteiger partial charge in [0.1, 0.15) is 5.82 Å². The average Bonchev–Trinajstić information content (AvgIpc) is 2.35. The molecule has 2 aromatic carbocycles. The molecular formula is C13H8ClF2N3. The third-order valence-electron chi connectivity index (χ3n) is 2.45. The normalized spacial score (nSPS) is 10.0. The smallest absolute Gasteiger partial charge is 0.151 e. The maximum absolute atomic E-state index is 13.6. The lowest BCUT2D eigenvalue weighted by Gasteiger charge is -2.12. The van der Waals surface area contributed by atoms with Gasteiger partial charge in [-0.3, -0.25) is 0 Å². The van der Waals surface area contributed by atoms with E-state index in [-0.39, 0.29) is 16.4 Å².